The first kappa shape index (κ1) is 11.6. The molecule has 0 unspecified atom stereocenters. The Morgan fingerprint density at radius 2 is 1.94 bits per heavy atom. The van der Waals surface area contributed by atoms with Crippen molar-refractivity contribution in [2.75, 3.05) is 11.4 Å². The smallest absolute Gasteiger partial charge is 0.235 e. The van der Waals surface area contributed by atoms with Crippen molar-refractivity contribution < 1.29 is 4.42 Å². The lowest BCUT2D eigenvalue weighted by molar-refractivity contribution is 0.463. The molecule has 0 N–H and O–H groups in total. The van der Waals surface area contributed by atoms with E-state index in [-0.39, 0.29) is 0 Å². The molecule has 0 aliphatic heterocycles. The van der Waals surface area contributed by atoms with Crippen molar-refractivity contribution >= 4 is 5.69 Å². The Labute approximate surface area is 101 Å². The molecular weight excluding hydrogens is 214 g/mol. The van der Waals surface area contributed by atoms with Gasteiger partial charge in [-0.15, -0.1) is 10.2 Å². The highest BCUT2D eigenvalue weighted by Crippen LogP contribution is 2.20. The number of aryl methyl sites for hydroxylation is 2. The van der Waals surface area contributed by atoms with Crippen LogP contribution in [0.1, 0.15) is 24.3 Å². The van der Waals surface area contributed by atoms with Crippen molar-refractivity contribution in [1.29, 1.82) is 0 Å². The van der Waals surface area contributed by atoms with Crippen molar-refractivity contribution in [2.24, 2.45) is 0 Å². The van der Waals surface area contributed by atoms with Crippen LogP contribution < -0.4 is 4.90 Å². The Bertz CT molecular complexity index is 493. The molecular formula is C13H17N3O. The number of rotatable bonds is 4. The molecule has 0 fully saturated rings. The molecule has 0 aliphatic rings. The molecule has 1 heterocycles. The average Bonchev–Trinajstić information content (AvgIpc) is 2.73. The Kier molecular flexibility index (Phi) is 3.42. The zero-order valence-electron chi connectivity index (χ0n) is 10.5. The molecule has 0 saturated heterocycles. The van der Waals surface area contributed by atoms with E-state index in [1.54, 1.807) is 6.92 Å². The Morgan fingerprint density at radius 1 is 1.18 bits per heavy atom. The van der Waals surface area contributed by atoms with E-state index in [0.29, 0.717) is 18.3 Å². The molecule has 0 bridgehead atoms. The zero-order valence-corrected chi connectivity index (χ0v) is 10.5. The summed E-state index contributed by atoms with van der Waals surface area (Å²) in [6.45, 7) is 7.60. The molecule has 0 atom stereocenters. The molecule has 2 aromatic rings. The van der Waals surface area contributed by atoms with Gasteiger partial charge in [0, 0.05) is 19.2 Å². The maximum Gasteiger partial charge on any atom is 0.235 e. The van der Waals surface area contributed by atoms with E-state index in [4.69, 9.17) is 4.42 Å². The van der Waals surface area contributed by atoms with Crippen LogP contribution >= 0.6 is 0 Å². The van der Waals surface area contributed by atoms with Crippen LogP contribution in [0.5, 0.6) is 0 Å². The summed E-state index contributed by atoms with van der Waals surface area (Å²) in [5.41, 5.74) is 2.47. The van der Waals surface area contributed by atoms with E-state index >= 15 is 0 Å². The van der Waals surface area contributed by atoms with Gasteiger partial charge in [-0.25, -0.2) is 0 Å². The molecule has 90 valence electrons. The van der Waals surface area contributed by atoms with Gasteiger partial charge in [0.25, 0.3) is 0 Å². The molecule has 0 radical (unpaired) electrons. The van der Waals surface area contributed by atoms with E-state index in [1.807, 2.05) is 12.1 Å². The summed E-state index contributed by atoms with van der Waals surface area (Å²) >= 11 is 0. The monoisotopic (exact) mass is 231 g/mol. The first-order valence-electron chi connectivity index (χ1n) is 5.80. The minimum absolute atomic E-state index is 0.612. The lowest BCUT2D eigenvalue weighted by Gasteiger charge is -2.23. The molecule has 4 nitrogen and oxygen atoms in total. The standard InChI is InChI=1S/C13H17N3O/c1-4-16(9-13-15-14-11(3)17-13)12-8-6-5-7-10(12)2/h5-8H,4,9H2,1-3H3. The summed E-state index contributed by atoms with van der Waals surface area (Å²) in [6.07, 6.45) is 0. The summed E-state index contributed by atoms with van der Waals surface area (Å²) in [7, 11) is 0. The second-order valence-electron chi connectivity index (χ2n) is 4.02. The third-order valence-corrected chi connectivity index (χ3v) is 2.73. The SMILES string of the molecule is CCN(Cc1nnc(C)o1)c1ccccc1C. The molecule has 0 amide bonds. The molecule has 0 aliphatic carbocycles. The highest BCUT2D eigenvalue weighted by Gasteiger charge is 2.11. The summed E-state index contributed by atoms with van der Waals surface area (Å²) in [6, 6.07) is 8.31. The third kappa shape index (κ3) is 2.64. The fraction of sp³-hybridized carbons (Fsp3) is 0.385. The summed E-state index contributed by atoms with van der Waals surface area (Å²) in [4.78, 5) is 2.22. The fourth-order valence-corrected chi connectivity index (χ4v) is 1.85. The Hall–Kier alpha value is -1.84. The predicted molar refractivity (Wildman–Crippen MR) is 66.9 cm³/mol. The van der Waals surface area contributed by atoms with Gasteiger partial charge in [0.2, 0.25) is 11.8 Å². The fourth-order valence-electron chi connectivity index (χ4n) is 1.85. The van der Waals surface area contributed by atoms with Gasteiger partial charge < -0.3 is 9.32 Å². The number of hydrogen-bond donors (Lipinski definition) is 0. The normalized spacial score (nSPS) is 10.5. The second kappa shape index (κ2) is 4.99. The maximum absolute atomic E-state index is 5.41. The summed E-state index contributed by atoms with van der Waals surface area (Å²) < 4.78 is 5.41. The molecule has 0 saturated carbocycles. The van der Waals surface area contributed by atoms with Crippen molar-refractivity contribution in [3.63, 3.8) is 0 Å². The zero-order chi connectivity index (χ0) is 12.3. The number of para-hydroxylation sites is 1. The van der Waals surface area contributed by atoms with Crippen LogP contribution in [0.15, 0.2) is 28.7 Å². The molecule has 0 spiro atoms. The topological polar surface area (TPSA) is 42.2 Å². The van der Waals surface area contributed by atoms with Crippen molar-refractivity contribution in [3.05, 3.63) is 41.6 Å². The van der Waals surface area contributed by atoms with Crippen LogP contribution in [-0.2, 0) is 6.54 Å². The highest BCUT2D eigenvalue weighted by molar-refractivity contribution is 5.52. The number of hydrogen-bond acceptors (Lipinski definition) is 4. The van der Waals surface area contributed by atoms with Gasteiger partial charge in [-0.05, 0) is 25.5 Å². The van der Waals surface area contributed by atoms with Gasteiger partial charge >= 0.3 is 0 Å². The van der Waals surface area contributed by atoms with E-state index in [9.17, 15) is 0 Å². The molecule has 1 aromatic heterocycles. The van der Waals surface area contributed by atoms with E-state index in [0.717, 1.165) is 6.54 Å². The van der Waals surface area contributed by atoms with Crippen LogP contribution in [-0.4, -0.2) is 16.7 Å². The molecule has 4 heteroatoms. The molecule has 2 rings (SSSR count). The minimum Gasteiger partial charge on any atom is -0.424 e. The first-order valence-corrected chi connectivity index (χ1v) is 5.80. The Balaban J connectivity index is 2.20. The predicted octanol–water partition coefficient (Wildman–Crippen LogP) is 2.71. The lowest BCUT2D eigenvalue weighted by atomic mass is 10.2. The van der Waals surface area contributed by atoms with E-state index in [2.05, 4.69) is 41.1 Å². The van der Waals surface area contributed by atoms with Crippen LogP contribution in [0, 0.1) is 13.8 Å². The number of nitrogens with zero attached hydrogens (tertiary/aromatic N) is 3. The maximum atomic E-state index is 5.41. The highest BCUT2D eigenvalue weighted by atomic mass is 16.4. The van der Waals surface area contributed by atoms with Crippen LogP contribution in [0.4, 0.5) is 5.69 Å². The van der Waals surface area contributed by atoms with Gasteiger partial charge in [-0.2, -0.15) is 0 Å². The van der Waals surface area contributed by atoms with Crippen molar-refractivity contribution in [2.45, 2.75) is 27.3 Å². The minimum atomic E-state index is 0.612. The lowest BCUT2D eigenvalue weighted by Crippen LogP contribution is -2.23. The largest absolute Gasteiger partial charge is 0.424 e. The van der Waals surface area contributed by atoms with Crippen molar-refractivity contribution in [3.8, 4) is 0 Å². The summed E-state index contributed by atoms with van der Waals surface area (Å²) in [5, 5.41) is 7.88. The van der Waals surface area contributed by atoms with Crippen molar-refractivity contribution in [1.82, 2.24) is 10.2 Å². The van der Waals surface area contributed by atoms with Gasteiger partial charge in [0.1, 0.15) is 0 Å². The molecule has 17 heavy (non-hydrogen) atoms. The van der Waals surface area contributed by atoms with Gasteiger partial charge in [0.05, 0.1) is 6.54 Å². The Morgan fingerprint density at radius 3 is 2.53 bits per heavy atom. The van der Waals surface area contributed by atoms with Gasteiger partial charge in [-0.3, -0.25) is 0 Å². The van der Waals surface area contributed by atoms with Crippen LogP contribution in [0.3, 0.4) is 0 Å². The molecule has 1 aromatic carbocycles. The second-order valence-corrected chi connectivity index (χ2v) is 4.02. The third-order valence-electron chi connectivity index (χ3n) is 2.73. The quantitative estimate of drug-likeness (QED) is 0.811. The van der Waals surface area contributed by atoms with Crippen LogP contribution in [0.25, 0.3) is 0 Å². The number of aromatic nitrogens is 2. The first-order chi connectivity index (χ1) is 8.20. The van der Waals surface area contributed by atoms with Gasteiger partial charge in [-0.1, -0.05) is 18.2 Å². The van der Waals surface area contributed by atoms with Gasteiger partial charge in [0.15, 0.2) is 0 Å². The number of benzene rings is 1. The van der Waals surface area contributed by atoms with E-state index < -0.39 is 0 Å². The summed E-state index contributed by atoms with van der Waals surface area (Å²) in [5.74, 6) is 1.27. The van der Waals surface area contributed by atoms with Crippen LogP contribution in [0.2, 0.25) is 0 Å². The average molecular weight is 231 g/mol. The number of anilines is 1. The van der Waals surface area contributed by atoms with E-state index in [1.165, 1.54) is 11.3 Å².